The van der Waals surface area contributed by atoms with Crippen molar-refractivity contribution < 1.29 is 4.79 Å². The van der Waals surface area contributed by atoms with E-state index in [4.69, 9.17) is 29.6 Å². The molecule has 0 saturated carbocycles. The Kier molecular flexibility index (Phi) is 8.26. The number of rotatable bonds is 3. The summed E-state index contributed by atoms with van der Waals surface area (Å²) < 4.78 is 0. The van der Waals surface area contributed by atoms with E-state index in [1.165, 1.54) is 0 Å². The third-order valence-corrected chi connectivity index (χ3v) is 6.68. The molecule has 0 bridgehead atoms. The molecule has 3 aromatic carbocycles. The lowest BCUT2D eigenvalue weighted by Crippen LogP contribution is -2.45. The summed E-state index contributed by atoms with van der Waals surface area (Å²) in [6, 6.07) is 27.2. The minimum absolute atomic E-state index is 0.0656. The highest BCUT2D eigenvalue weighted by molar-refractivity contribution is 6.43. The maximum absolute atomic E-state index is 12.6. The Morgan fingerprint density at radius 3 is 2.26 bits per heavy atom. The predicted molar refractivity (Wildman–Crippen MR) is 145 cm³/mol. The van der Waals surface area contributed by atoms with Gasteiger partial charge in [0.15, 0.2) is 0 Å². The molecule has 35 heavy (non-hydrogen) atoms. The van der Waals surface area contributed by atoms with Crippen molar-refractivity contribution in [3.05, 3.63) is 106 Å². The Hall–Kier alpha value is -3.52. The average Bonchev–Trinajstić information content (AvgIpc) is 2.91. The van der Waals surface area contributed by atoms with Crippen molar-refractivity contribution in [2.45, 2.75) is 18.9 Å². The van der Waals surface area contributed by atoms with E-state index in [1.54, 1.807) is 18.2 Å². The minimum atomic E-state index is -0.200. The molecule has 0 aliphatic carbocycles. The van der Waals surface area contributed by atoms with Crippen LogP contribution in [0.2, 0.25) is 10.0 Å². The van der Waals surface area contributed by atoms with Crippen molar-refractivity contribution in [3.63, 3.8) is 0 Å². The highest BCUT2D eigenvalue weighted by Crippen LogP contribution is 2.29. The van der Waals surface area contributed by atoms with Gasteiger partial charge < -0.3 is 10.2 Å². The van der Waals surface area contributed by atoms with Gasteiger partial charge in [-0.1, -0.05) is 95.9 Å². The summed E-state index contributed by atoms with van der Waals surface area (Å²) in [7, 11) is 0. The Balaban J connectivity index is 0.000000421. The molecule has 176 valence electrons. The Labute approximate surface area is 215 Å². The van der Waals surface area contributed by atoms with Crippen LogP contribution in [0.25, 0.3) is 10.8 Å². The molecule has 2 heterocycles. The maximum atomic E-state index is 12.6. The van der Waals surface area contributed by atoms with Crippen molar-refractivity contribution >= 4 is 45.7 Å². The maximum Gasteiger partial charge on any atom is 0.253 e. The van der Waals surface area contributed by atoms with E-state index < -0.39 is 0 Å². The molecule has 1 saturated heterocycles. The molecule has 0 radical (unpaired) electrons. The van der Waals surface area contributed by atoms with Gasteiger partial charge in [0.25, 0.3) is 5.91 Å². The van der Waals surface area contributed by atoms with E-state index in [0.717, 1.165) is 42.5 Å². The van der Waals surface area contributed by atoms with Crippen LogP contribution in [0.1, 0.15) is 28.9 Å². The number of carbonyl (C=O) groups excluding carboxylic acids is 1. The van der Waals surface area contributed by atoms with Crippen LogP contribution < -0.4 is 10.2 Å². The monoisotopic (exact) mass is 501 g/mol. The minimum Gasteiger partial charge on any atom is -0.356 e. The summed E-state index contributed by atoms with van der Waals surface area (Å²) in [6.45, 7) is 1.55. The number of halogens is 2. The number of hydrogen-bond donors (Lipinski definition) is 1. The number of pyridine rings is 1. The highest BCUT2D eigenvalue weighted by Gasteiger charge is 2.24. The van der Waals surface area contributed by atoms with Gasteiger partial charge in [-0.3, -0.25) is 4.79 Å². The van der Waals surface area contributed by atoms with Crippen LogP contribution in [-0.4, -0.2) is 30.0 Å². The first kappa shape index (κ1) is 24.6. The van der Waals surface area contributed by atoms with Crippen LogP contribution in [0, 0.1) is 12.3 Å². The van der Waals surface area contributed by atoms with E-state index in [9.17, 15) is 4.79 Å². The number of terminal acetylenes is 1. The standard InChI is InChI=1S/C23H19Cl2N3O.C6H6/c1-2-16-14-15-6-3-4-7-18(15)22(26-16)28-12-10-17(11-13-28)27-23(29)19-8-5-9-20(24)21(19)25;1-2-4-6-5-3-1/h1,3-9,14,17H,10-13H2,(H,27,29);1-6H. The molecule has 0 atom stereocenters. The van der Waals surface area contributed by atoms with Gasteiger partial charge in [-0.2, -0.15) is 0 Å². The van der Waals surface area contributed by atoms with Crippen LogP contribution in [0.4, 0.5) is 5.82 Å². The zero-order valence-electron chi connectivity index (χ0n) is 19.1. The van der Waals surface area contributed by atoms with Gasteiger partial charge in [-0.05, 0) is 36.4 Å². The van der Waals surface area contributed by atoms with E-state index in [1.807, 2.05) is 60.7 Å². The third kappa shape index (κ3) is 6.14. The number of piperidine rings is 1. The van der Waals surface area contributed by atoms with E-state index in [2.05, 4.69) is 27.2 Å². The third-order valence-electron chi connectivity index (χ3n) is 5.86. The number of fused-ring (bicyclic) bond motifs is 1. The SMILES string of the molecule is C#Cc1cc2ccccc2c(N2CCC(NC(=O)c3cccc(Cl)c3Cl)CC2)n1.c1ccccc1. The second kappa shape index (κ2) is 11.8. The second-order valence-electron chi connectivity index (χ2n) is 8.19. The Bertz CT molecular complexity index is 1320. The fourth-order valence-corrected chi connectivity index (χ4v) is 4.44. The lowest BCUT2D eigenvalue weighted by Gasteiger charge is -2.34. The molecule has 1 fully saturated rings. The number of carbonyl (C=O) groups is 1. The lowest BCUT2D eigenvalue weighted by atomic mass is 10.0. The zero-order valence-corrected chi connectivity index (χ0v) is 20.6. The topological polar surface area (TPSA) is 45.2 Å². The molecule has 0 spiro atoms. The van der Waals surface area contributed by atoms with Crippen LogP contribution >= 0.6 is 23.2 Å². The van der Waals surface area contributed by atoms with Crippen LogP contribution in [0.3, 0.4) is 0 Å². The number of benzene rings is 3. The van der Waals surface area contributed by atoms with Crippen LogP contribution in [0.15, 0.2) is 84.9 Å². The number of aromatic nitrogens is 1. The fraction of sp³-hybridized carbons (Fsp3) is 0.172. The highest BCUT2D eigenvalue weighted by atomic mass is 35.5. The smallest absolute Gasteiger partial charge is 0.253 e. The van der Waals surface area contributed by atoms with Crippen molar-refractivity contribution in [2.24, 2.45) is 0 Å². The molecular weight excluding hydrogens is 477 g/mol. The summed E-state index contributed by atoms with van der Waals surface area (Å²) in [5.41, 5.74) is 1.03. The van der Waals surface area contributed by atoms with Crippen molar-refractivity contribution in [3.8, 4) is 12.3 Å². The van der Waals surface area contributed by atoms with Crippen molar-refractivity contribution in [2.75, 3.05) is 18.0 Å². The van der Waals surface area contributed by atoms with Gasteiger partial charge in [0.05, 0.1) is 15.6 Å². The Morgan fingerprint density at radius 2 is 1.60 bits per heavy atom. The van der Waals surface area contributed by atoms with Gasteiger partial charge in [0.2, 0.25) is 0 Å². The van der Waals surface area contributed by atoms with E-state index in [0.29, 0.717) is 16.3 Å². The number of anilines is 1. The van der Waals surface area contributed by atoms with E-state index in [-0.39, 0.29) is 17.0 Å². The van der Waals surface area contributed by atoms with Crippen LogP contribution in [-0.2, 0) is 0 Å². The molecule has 1 N–H and O–H groups in total. The molecular formula is C29H25Cl2N3O. The normalized spacial score (nSPS) is 13.5. The molecule has 4 nitrogen and oxygen atoms in total. The summed E-state index contributed by atoms with van der Waals surface area (Å²) >= 11 is 12.2. The number of nitrogens with zero attached hydrogens (tertiary/aromatic N) is 2. The number of hydrogen-bond acceptors (Lipinski definition) is 3. The molecule has 1 aromatic heterocycles. The number of amides is 1. The van der Waals surface area contributed by atoms with Gasteiger partial charge in [0.1, 0.15) is 11.5 Å². The summed E-state index contributed by atoms with van der Waals surface area (Å²) in [5, 5.41) is 5.90. The van der Waals surface area contributed by atoms with Crippen molar-refractivity contribution in [1.29, 1.82) is 0 Å². The lowest BCUT2D eigenvalue weighted by molar-refractivity contribution is 0.0931. The quantitative estimate of drug-likeness (QED) is 0.321. The first-order valence-corrected chi connectivity index (χ1v) is 12.2. The molecule has 1 aliphatic heterocycles. The van der Waals surface area contributed by atoms with E-state index >= 15 is 0 Å². The first-order chi connectivity index (χ1) is 17.1. The summed E-state index contributed by atoms with van der Waals surface area (Å²) in [5.74, 6) is 3.34. The number of nitrogens with one attached hydrogen (secondary N) is 1. The zero-order chi connectivity index (χ0) is 24.6. The largest absolute Gasteiger partial charge is 0.356 e. The molecule has 1 amide bonds. The molecule has 6 heteroatoms. The average molecular weight is 502 g/mol. The van der Waals surface area contributed by atoms with Gasteiger partial charge >= 0.3 is 0 Å². The Morgan fingerprint density at radius 1 is 0.943 bits per heavy atom. The van der Waals surface area contributed by atoms with Crippen molar-refractivity contribution in [1.82, 2.24) is 10.3 Å². The van der Waals surface area contributed by atoms with Gasteiger partial charge in [0, 0.05) is 24.5 Å². The molecule has 0 unspecified atom stereocenters. The van der Waals surface area contributed by atoms with Crippen LogP contribution in [0.5, 0.6) is 0 Å². The molecule has 5 rings (SSSR count). The van der Waals surface area contributed by atoms with Gasteiger partial charge in [-0.15, -0.1) is 6.42 Å². The van der Waals surface area contributed by atoms with Gasteiger partial charge in [-0.25, -0.2) is 4.98 Å². The predicted octanol–water partition coefficient (Wildman–Crippen LogP) is 6.61. The first-order valence-electron chi connectivity index (χ1n) is 11.4. The summed E-state index contributed by atoms with van der Waals surface area (Å²) in [4.78, 5) is 19.5. The molecule has 4 aromatic rings. The second-order valence-corrected chi connectivity index (χ2v) is 8.97. The fourth-order valence-electron chi connectivity index (χ4n) is 4.06. The summed E-state index contributed by atoms with van der Waals surface area (Å²) in [6.07, 6.45) is 7.21. The molecule has 1 aliphatic rings.